The number of nitrogens with one attached hydrogen (secondary N) is 2. The maximum Gasteiger partial charge on any atom is 1.00 e. The Morgan fingerprint density at radius 3 is 2.65 bits per heavy atom. The molecule has 0 radical (unpaired) electrons. The van der Waals surface area contributed by atoms with Crippen LogP contribution < -0.4 is 27.2 Å². The number of halogens is 2. The van der Waals surface area contributed by atoms with Crippen LogP contribution in [0.15, 0.2) is 47.4 Å². The second-order valence-corrected chi connectivity index (χ2v) is 8.72. The Bertz CT molecular complexity index is 1000. The molecule has 2 aromatic carbocycles. The Hall–Kier alpha value is -2.04. The first-order valence-corrected chi connectivity index (χ1v) is 11.3. The molecular weight excluding hydrogens is 465 g/mol. The van der Waals surface area contributed by atoms with E-state index in [-0.39, 0.29) is 40.9 Å². The Labute approximate surface area is 194 Å². The number of hydrogen-bond acceptors (Lipinski definition) is 6. The maximum absolute atomic E-state index is 12.9. The molecule has 1 aliphatic rings. The SMILES string of the molecule is COc1ccccc1NS(=O)(=O)c1cc(C(=O)NCCN2CCOCC2)ccc1Cl.[Cl-].[H+]. The van der Waals surface area contributed by atoms with Gasteiger partial charge < -0.3 is 27.2 Å². The van der Waals surface area contributed by atoms with E-state index in [9.17, 15) is 13.2 Å². The number of methoxy groups -OCH3 is 1. The molecule has 1 heterocycles. The van der Waals surface area contributed by atoms with E-state index in [4.69, 9.17) is 21.1 Å². The molecule has 0 aromatic heterocycles. The van der Waals surface area contributed by atoms with Crippen molar-refractivity contribution in [3.63, 3.8) is 0 Å². The fraction of sp³-hybridized carbons (Fsp3) is 0.350. The monoisotopic (exact) mass is 489 g/mol. The average molecular weight is 490 g/mol. The topological polar surface area (TPSA) is 97.0 Å². The third-order valence-corrected chi connectivity index (χ3v) is 6.50. The zero-order chi connectivity index (χ0) is 21.6. The number of carbonyl (C=O) groups is 1. The standard InChI is InChI=1S/C20H24ClN3O5S.ClH/c1-28-18-5-3-2-4-17(18)23-30(26,27)19-14-15(6-7-16(19)21)20(25)22-8-9-24-10-12-29-13-11-24;/h2-7,14,23H,8-13H2,1H3,(H,22,25);1H. The van der Waals surface area contributed by atoms with Gasteiger partial charge in [0.15, 0.2) is 0 Å². The minimum atomic E-state index is -4.03. The number of morpholine rings is 1. The van der Waals surface area contributed by atoms with E-state index in [0.29, 0.717) is 32.1 Å². The number of carbonyl (C=O) groups excluding carboxylic acids is 1. The van der Waals surface area contributed by atoms with Gasteiger partial charge in [-0.1, -0.05) is 23.7 Å². The number of rotatable bonds is 8. The van der Waals surface area contributed by atoms with E-state index in [1.807, 2.05) is 0 Å². The van der Waals surface area contributed by atoms with Crippen LogP contribution in [0.25, 0.3) is 0 Å². The van der Waals surface area contributed by atoms with Crippen molar-refractivity contribution in [2.75, 3.05) is 51.2 Å². The third kappa shape index (κ3) is 6.72. The van der Waals surface area contributed by atoms with Crippen molar-refractivity contribution in [3.05, 3.63) is 53.1 Å². The van der Waals surface area contributed by atoms with E-state index in [1.54, 1.807) is 24.3 Å². The summed E-state index contributed by atoms with van der Waals surface area (Å²) in [4.78, 5) is 14.5. The van der Waals surface area contributed by atoms with Crippen LogP contribution in [0.4, 0.5) is 5.69 Å². The van der Waals surface area contributed by atoms with Crippen molar-refractivity contribution < 1.29 is 36.5 Å². The fourth-order valence-electron chi connectivity index (χ4n) is 3.03. The summed E-state index contributed by atoms with van der Waals surface area (Å²) in [6, 6.07) is 10.8. The molecule has 11 heteroatoms. The number of hydrogen-bond donors (Lipinski definition) is 2. The molecule has 1 fully saturated rings. The summed E-state index contributed by atoms with van der Waals surface area (Å²) in [5, 5.41) is 2.83. The summed E-state index contributed by atoms with van der Waals surface area (Å²) in [7, 11) is -2.59. The lowest BCUT2D eigenvalue weighted by atomic mass is 10.2. The largest absolute Gasteiger partial charge is 1.00 e. The first-order valence-electron chi connectivity index (χ1n) is 9.44. The molecule has 3 rings (SSSR count). The molecule has 1 saturated heterocycles. The van der Waals surface area contributed by atoms with Crippen LogP contribution in [-0.2, 0) is 14.8 Å². The summed E-state index contributed by atoms with van der Waals surface area (Å²) >= 11 is 6.13. The number of ether oxygens (including phenoxy) is 2. The van der Waals surface area contributed by atoms with E-state index in [0.717, 1.165) is 13.1 Å². The van der Waals surface area contributed by atoms with Crippen molar-refractivity contribution >= 4 is 33.2 Å². The van der Waals surface area contributed by atoms with Gasteiger partial charge in [0.25, 0.3) is 15.9 Å². The number of para-hydroxylation sites is 2. The number of benzene rings is 2. The van der Waals surface area contributed by atoms with Crippen molar-refractivity contribution in [2.45, 2.75) is 4.90 Å². The minimum absolute atomic E-state index is 0. The summed E-state index contributed by atoms with van der Waals surface area (Å²) < 4.78 is 38.7. The predicted octanol–water partition coefficient (Wildman–Crippen LogP) is -0.672. The second kappa shape index (κ2) is 11.5. The third-order valence-electron chi connectivity index (χ3n) is 4.65. The van der Waals surface area contributed by atoms with Gasteiger partial charge in [-0.2, -0.15) is 0 Å². The maximum atomic E-state index is 12.9. The highest BCUT2D eigenvalue weighted by Crippen LogP contribution is 2.29. The number of sulfonamides is 1. The predicted molar refractivity (Wildman–Crippen MR) is 116 cm³/mol. The van der Waals surface area contributed by atoms with Gasteiger partial charge in [-0.3, -0.25) is 14.4 Å². The first kappa shape index (κ1) is 25.2. The fourth-order valence-corrected chi connectivity index (χ4v) is 4.63. The summed E-state index contributed by atoms with van der Waals surface area (Å²) in [5.74, 6) is 0.00266. The van der Waals surface area contributed by atoms with Gasteiger partial charge in [-0.15, -0.1) is 0 Å². The van der Waals surface area contributed by atoms with Gasteiger partial charge in [0.1, 0.15) is 10.6 Å². The normalized spacial score (nSPS) is 14.4. The lowest BCUT2D eigenvalue weighted by Gasteiger charge is -2.26. The van der Waals surface area contributed by atoms with Crippen LogP contribution in [0, 0.1) is 0 Å². The van der Waals surface area contributed by atoms with Crippen LogP contribution in [0.3, 0.4) is 0 Å². The molecule has 1 amide bonds. The number of amides is 1. The van der Waals surface area contributed by atoms with Gasteiger partial charge >= 0.3 is 1.43 Å². The molecule has 2 N–H and O–H groups in total. The summed E-state index contributed by atoms with van der Waals surface area (Å²) in [6.45, 7) is 4.17. The minimum Gasteiger partial charge on any atom is -1.00 e. The van der Waals surface area contributed by atoms with Crippen LogP contribution in [0.2, 0.25) is 5.02 Å². The molecule has 0 bridgehead atoms. The molecule has 2 aromatic rings. The first-order chi connectivity index (χ1) is 14.4. The Morgan fingerprint density at radius 2 is 1.94 bits per heavy atom. The van der Waals surface area contributed by atoms with Crippen LogP contribution in [0.1, 0.15) is 11.8 Å². The van der Waals surface area contributed by atoms with Crippen LogP contribution in [-0.4, -0.2) is 65.7 Å². The zero-order valence-corrected chi connectivity index (χ0v) is 19.3. The van der Waals surface area contributed by atoms with Crippen LogP contribution in [0.5, 0.6) is 5.75 Å². The van der Waals surface area contributed by atoms with Gasteiger partial charge in [0, 0.05) is 31.7 Å². The number of nitrogens with zero attached hydrogens (tertiary/aromatic N) is 1. The van der Waals surface area contributed by atoms with E-state index < -0.39 is 10.0 Å². The van der Waals surface area contributed by atoms with Gasteiger partial charge in [-0.25, -0.2) is 8.42 Å². The Balaban J connectivity index is 0.00000256. The van der Waals surface area contributed by atoms with E-state index in [2.05, 4.69) is 14.9 Å². The molecule has 0 saturated carbocycles. The second-order valence-electron chi connectivity index (χ2n) is 6.66. The quantitative estimate of drug-likeness (QED) is 0.510. The van der Waals surface area contributed by atoms with E-state index >= 15 is 0 Å². The van der Waals surface area contributed by atoms with Crippen molar-refractivity contribution in [2.24, 2.45) is 0 Å². The zero-order valence-electron chi connectivity index (χ0n) is 17.9. The molecule has 170 valence electrons. The summed E-state index contributed by atoms with van der Waals surface area (Å²) in [6.07, 6.45) is 0. The van der Waals surface area contributed by atoms with Crippen molar-refractivity contribution in [1.82, 2.24) is 10.2 Å². The average Bonchev–Trinajstić information content (AvgIpc) is 2.74. The lowest BCUT2D eigenvalue weighted by molar-refractivity contribution is -0.0000193. The smallest absolute Gasteiger partial charge is 1.00 e. The Morgan fingerprint density at radius 1 is 1.23 bits per heavy atom. The molecule has 0 atom stereocenters. The number of anilines is 1. The van der Waals surface area contributed by atoms with Crippen molar-refractivity contribution in [1.29, 1.82) is 0 Å². The molecule has 8 nitrogen and oxygen atoms in total. The molecule has 0 aliphatic carbocycles. The molecule has 1 aliphatic heterocycles. The highest BCUT2D eigenvalue weighted by atomic mass is 35.5. The van der Waals surface area contributed by atoms with Gasteiger partial charge in [0.05, 0.1) is 31.0 Å². The highest BCUT2D eigenvalue weighted by molar-refractivity contribution is 7.92. The van der Waals surface area contributed by atoms with Gasteiger partial charge in [0.2, 0.25) is 0 Å². The molecular formula is C20H25Cl2N3O5S. The highest BCUT2D eigenvalue weighted by Gasteiger charge is 2.22. The lowest BCUT2D eigenvalue weighted by Crippen LogP contribution is -3.00. The molecule has 0 spiro atoms. The van der Waals surface area contributed by atoms with Crippen molar-refractivity contribution in [3.8, 4) is 5.75 Å². The Kier molecular flexibility index (Phi) is 9.39. The molecule has 0 unspecified atom stereocenters. The summed E-state index contributed by atoms with van der Waals surface area (Å²) in [5.41, 5.74) is 0.484. The van der Waals surface area contributed by atoms with Crippen LogP contribution >= 0.6 is 11.6 Å². The van der Waals surface area contributed by atoms with Gasteiger partial charge in [-0.05, 0) is 30.3 Å². The van der Waals surface area contributed by atoms with E-state index in [1.165, 1.54) is 25.3 Å². The molecule has 31 heavy (non-hydrogen) atoms.